The van der Waals surface area contributed by atoms with E-state index in [1.54, 1.807) is 36.3 Å². The second-order valence-electron chi connectivity index (χ2n) is 7.58. The summed E-state index contributed by atoms with van der Waals surface area (Å²) in [5.74, 6) is -0.126. The Morgan fingerprint density at radius 2 is 1.58 bits per heavy atom. The second kappa shape index (κ2) is 8.11. The van der Waals surface area contributed by atoms with Gasteiger partial charge in [-0.15, -0.1) is 0 Å². The van der Waals surface area contributed by atoms with Gasteiger partial charge in [-0.1, -0.05) is 48.0 Å². The Morgan fingerprint density at radius 3 is 2.26 bits per heavy atom. The number of rotatable bonds is 5. The third kappa shape index (κ3) is 3.59. The lowest BCUT2D eigenvalue weighted by molar-refractivity contribution is -0.120. The molecule has 0 saturated heterocycles. The number of ether oxygens (including phenoxy) is 1. The van der Waals surface area contributed by atoms with Crippen molar-refractivity contribution in [2.75, 3.05) is 24.0 Å². The monoisotopic (exact) mass is 412 g/mol. The van der Waals surface area contributed by atoms with Crippen molar-refractivity contribution in [1.29, 1.82) is 0 Å². The van der Waals surface area contributed by atoms with Crippen molar-refractivity contribution in [3.8, 4) is 5.75 Å². The summed E-state index contributed by atoms with van der Waals surface area (Å²) in [5.41, 5.74) is 4.86. The lowest BCUT2D eigenvalue weighted by Crippen LogP contribution is -2.34. The van der Waals surface area contributed by atoms with Gasteiger partial charge in [-0.2, -0.15) is 0 Å². The molecule has 3 aromatic rings. The maximum Gasteiger partial charge on any atom is 0.282 e. The summed E-state index contributed by atoms with van der Waals surface area (Å²) in [5, 5.41) is 0. The van der Waals surface area contributed by atoms with Gasteiger partial charge in [0.1, 0.15) is 11.4 Å². The highest BCUT2D eigenvalue weighted by Gasteiger charge is 2.42. The van der Waals surface area contributed by atoms with Crippen LogP contribution in [0, 0.1) is 13.8 Å². The molecule has 2 amide bonds. The minimum Gasteiger partial charge on any atom is -0.497 e. The lowest BCUT2D eigenvalue weighted by atomic mass is 9.97. The summed E-state index contributed by atoms with van der Waals surface area (Å²) in [6.45, 7) is 3.97. The van der Waals surface area contributed by atoms with Crippen molar-refractivity contribution in [2.45, 2.75) is 13.8 Å². The number of anilines is 2. The third-order valence-electron chi connectivity index (χ3n) is 5.50. The normalized spacial score (nSPS) is 13.7. The summed E-state index contributed by atoms with van der Waals surface area (Å²) in [6, 6.07) is 22.4. The molecule has 0 atom stereocenters. The van der Waals surface area contributed by atoms with Crippen LogP contribution >= 0.6 is 0 Å². The zero-order valence-corrected chi connectivity index (χ0v) is 18.0. The van der Waals surface area contributed by atoms with Crippen LogP contribution < -0.4 is 14.5 Å². The Morgan fingerprint density at radius 1 is 0.839 bits per heavy atom. The maximum atomic E-state index is 13.7. The van der Waals surface area contributed by atoms with Gasteiger partial charge < -0.3 is 9.64 Å². The molecule has 156 valence electrons. The van der Waals surface area contributed by atoms with Crippen LogP contribution in [-0.4, -0.2) is 26.0 Å². The van der Waals surface area contributed by atoms with Crippen molar-refractivity contribution in [2.24, 2.45) is 0 Å². The zero-order chi connectivity index (χ0) is 22.1. The molecule has 4 rings (SSSR count). The quantitative estimate of drug-likeness (QED) is 0.569. The van der Waals surface area contributed by atoms with Gasteiger partial charge in [0.2, 0.25) is 0 Å². The van der Waals surface area contributed by atoms with Gasteiger partial charge in [0.15, 0.2) is 0 Å². The average molecular weight is 412 g/mol. The second-order valence-corrected chi connectivity index (χ2v) is 7.58. The molecular weight excluding hydrogens is 388 g/mol. The Balaban J connectivity index is 1.91. The van der Waals surface area contributed by atoms with Gasteiger partial charge in [0.05, 0.1) is 18.4 Å². The van der Waals surface area contributed by atoms with Crippen LogP contribution in [0.25, 0.3) is 5.57 Å². The van der Waals surface area contributed by atoms with Crippen molar-refractivity contribution < 1.29 is 14.3 Å². The number of benzene rings is 3. The highest BCUT2D eigenvalue weighted by molar-refractivity contribution is 6.46. The van der Waals surface area contributed by atoms with Crippen molar-refractivity contribution >= 4 is 28.8 Å². The first-order valence-corrected chi connectivity index (χ1v) is 10.1. The number of amides is 2. The predicted molar refractivity (Wildman–Crippen MR) is 123 cm³/mol. The van der Waals surface area contributed by atoms with E-state index in [4.69, 9.17) is 4.74 Å². The summed E-state index contributed by atoms with van der Waals surface area (Å²) < 4.78 is 5.30. The van der Waals surface area contributed by atoms with E-state index in [0.717, 1.165) is 22.4 Å². The van der Waals surface area contributed by atoms with E-state index in [0.29, 0.717) is 22.7 Å². The zero-order valence-electron chi connectivity index (χ0n) is 18.0. The molecule has 0 unspecified atom stereocenters. The number of hydrogen-bond donors (Lipinski definition) is 0. The van der Waals surface area contributed by atoms with Gasteiger partial charge in [-0.05, 0) is 49.2 Å². The van der Waals surface area contributed by atoms with E-state index in [1.165, 1.54) is 4.90 Å². The molecule has 1 heterocycles. The highest BCUT2D eigenvalue weighted by atomic mass is 16.5. The molecule has 0 fully saturated rings. The number of methoxy groups -OCH3 is 1. The molecule has 5 nitrogen and oxygen atoms in total. The largest absolute Gasteiger partial charge is 0.497 e. The molecule has 0 saturated carbocycles. The average Bonchev–Trinajstić information content (AvgIpc) is 3.03. The predicted octanol–water partition coefficient (Wildman–Crippen LogP) is 4.73. The molecule has 0 N–H and O–H groups in total. The minimum absolute atomic E-state index is 0.344. The number of hydrogen-bond acceptors (Lipinski definition) is 4. The summed E-state index contributed by atoms with van der Waals surface area (Å²) in [6.07, 6.45) is 0. The van der Waals surface area contributed by atoms with E-state index in [2.05, 4.69) is 0 Å². The van der Waals surface area contributed by atoms with Crippen molar-refractivity contribution in [1.82, 2.24) is 0 Å². The maximum absolute atomic E-state index is 13.7. The molecule has 1 aliphatic heterocycles. The SMILES string of the molecule is COc1cccc(N2C(=O)C(c3ccc(C)cc3C)=C(N(C)c3ccccc3)C2=O)c1. The minimum atomic E-state index is -0.361. The van der Waals surface area contributed by atoms with Crippen LogP contribution in [0.4, 0.5) is 11.4 Å². The summed E-state index contributed by atoms with van der Waals surface area (Å²) in [7, 11) is 3.37. The van der Waals surface area contributed by atoms with E-state index < -0.39 is 0 Å². The summed E-state index contributed by atoms with van der Waals surface area (Å²) >= 11 is 0. The van der Waals surface area contributed by atoms with Gasteiger partial charge >= 0.3 is 0 Å². The third-order valence-corrected chi connectivity index (χ3v) is 5.50. The Kier molecular flexibility index (Phi) is 5.34. The molecule has 31 heavy (non-hydrogen) atoms. The molecule has 0 bridgehead atoms. The van der Waals surface area contributed by atoms with Gasteiger partial charge in [0, 0.05) is 18.8 Å². The first-order valence-electron chi connectivity index (χ1n) is 10.1. The number of aryl methyl sites for hydroxylation is 2. The molecule has 5 heteroatoms. The molecule has 0 aromatic heterocycles. The fourth-order valence-electron chi connectivity index (χ4n) is 3.93. The standard InChI is InChI=1S/C26H24N2O3/c1-17-13-14-22(18(2)15-17)23-24(27(3)19-9-6-5-7-10-19)26(30)28(25(23)29)20-11-8-12-21(16-20)31-4/h5-16H,1-4H3. The molecule has 0 aliphatic carbocycles. The fraction of sp³-hybridized carbons (Fsp3) is 0.154. The molecule has 0 spiro atoms. The van der Waals surface area contributed by atoms with Crippen LogP contribution in [0.3, 0.4) is 0 Å². The number of likely N-dealkylation sites (N-methyl/N-ethyl adjacent to an activating group) is 1. The van der Waals surface area contributed by atoms with E-state index >= 15 is 0 Å². The topological polar surface area (TPSA) is 49.9 Å². The van der Waals surface area contributed by atoms with Crippen LogP contribution in [-0.2, 0) is 9.59 Å². The molecule has 3 aromatic carbocycles. The molecular formula is C26H24N2O3. The number of carbonyl (C=O) groups is 2. The smallest absolute Gasteiger partial charge is 0.282 e. The van der Waals surface area contributed by atoms with Crippen molar-refractivity contribution in [3.05, 3.63) is 95.2 Å². The molecule has 0 radical (unpaired) electrons. The molecule has 1 aliphatic rings. The lowest BCUT2D eigenvalue weighted by Gasteiger charge is -2.22. The van der Waals surface area contributed by atoms with Gasteiger partial charge in [-0.25, -0.2) is 4.90 Å². The van der Waals surface area contributed by atoms with Crippen LogP contribution in [0.2, 0.25) is 0 Å². The summed E-state index contributed by atoms with van der Waals surface area (Å²) in [4.78, 5) is 30.4. The Labute approximate surface area is 182 Å². The van der Waals surface area contributed by atoms with Crippen LogP contribution in [0.5, 0.6) is 5.75 Å². The van der Waals surface area contributed by atoms with E-state index in [1.807, 2.05) is 69.4 Å². The fourth-order valence-corrected chi connectivity index (χ4v) is 3.93. The Hall–Kier alpha value is -3.86. The first-order chi connectivity index (χ1) is 14.9. The Bertz CT molecular complexity index is 1200. The first kappa shape index (κ1) is 20.4. The van der Waals surface area contributed by atoms with Gasteiger partial charge in [0.25, 0.3) is 11.8 Å². The van der Waals surface area contributed by atoms with Crippen LogP contribution in [0.15, 0.2) is 78.5 Å². The number of carbonyl (C=O) groups excluding carboxylic acids is 2. The highest BCUT2D eigenvalue weighted by Crippen LogP contribution is 2.38. The number of nitrogens with zero attached hydrogens (tertiary/aromatic N) is 2. The van der Waals surface area contributed by atoms with Gasteiger partial charge in [-0.3, -0.25) is 9.59 Å². The van der Waals surface area contributed by atoms with E-state index in [9.17, 15) is 9.59 Å². The van der Waals surface area contributed by atoms with Crippen molar-refractivity contribution in [3.63, 3.8) is 0 Å². The van der Waals surface area contributed by atoms with Crippen LogP contribution in [0.1, 0.15) is 16.7 Å². The number of imide groups is 1. The van der Waals surface area contributed by atoms with E-state index in [-0.39, 0.29) is 11.8 Å². The number of para-hydroxylation sites is 1.